The van der Waals surface area contributed by atoms with Gasteiger partial charge in [-0.15, -0.1) is 11.3 Å². The average Bonchev–Trinajstić information content (AvgIpc) is 3.20. The van der Waals surface area contributed by atoms with Crippen molar-refractivity contribution in [2.24, 2.45) is 0 Å². The highest BCUT2D eigenvalue weighted by Gasteiger charge is 2.08. The molecule has 0 aliphatic heterocycles. The van der Waals surface area contributed by atoms with E-state index in [0.717, 1.165) is 16.1 Å². The van der Waals surface area contributed by atoms with Crippen molar-refractivity contribution in [2.45, 2.75) is 12.8 Å². The Hall–Kier alpha value is -2.47. The molecule has 1 amide bonds. The Balaban J connectivity index is 1.49. The minimum atomic E-state index is -0.297. The molecule has 0 bridgehead atoms. The molecule has 0 saturated carbocycles. The number of amides is 1. The fourth-order valence-electron chi connectivity index (χ4n) is 2.11. The van der Waals surface area contributed by atoms with E-state index >= 15 is 0 Å². The first-order valence-electron chi connectivity index (χ1n) is 7.20. The molecule has 0 spiro atoms. The van der Waals surface area contributed by atoms with Gasteiger partial charge in [0.15, 0.2) is 0 Å². The van der Waals surface area contributed by atoms with Gasteiger partial charge in [-0.05, 0) is 35.7 Å². The number of aromatic nitrogens is 1. The molecular formula is C17H15FN2O2S. The van der Waals surface area contributed by atoms with Gasteiger partial charge in [0, 0.05) is 23.4 Å². The van der Waals surface area contributed by atoms with E-state index in [1.54, 1.807) is 29.7 Å². The molecule has 6 heteroatoms. The van der Waals surface area contributed by atoms with Gasteiger partial charge in [-0.25, -0.2) is 9.37 Å². The quantitative estimate of drug-likeness (QED) is 0.753. The molecule has 0 radical (unpaired) electrons. The first-order chi connectivity index (χ1) is 11.2. The van der Waals surface area contributed by atoms with Gasteiger partial charge in [-0.3, -0.25) is 4.79 Å². The summed E-state index contributed by atoms with van der Waals surface area (Å²) in [5, 5.41) is 4.82. The second-order valence-electron chi connectivity index (χ2n) is 5.01. The van der Waals surface area contributed by atoms with Gasteiger partial charge in [-0.1, -0.05) is 6.07 Å². The molecule has 23 heavy (non-hydrogen) atoms. The van der Waals surface area contributed by atoms with Crippen LogP contribution in [0.2, 0.25) is 0 Å². The number of carbonyl (C=O) groups is 1. The van der Waals surface area contributed by atoms with E-state index in [2.05, 4.69) is 10.3 Å². The summed E-state index contributed by atoms with van der Waals surface area (Å²) in [6.07, 6.45) is 2.54. The smallest absolute Gasteiger partial charge is 0.226 e. The van der Waals surface area contributed by atoms with E-state index in [1.807, 2.05) is 17.5 Å². The molecule has 0 saturated heterocycles. The minimum absolute atomic E-state index is 0.00490. The van der Waals surface area contributed by atoms with E-state index < -0.39 is 0 Å². The Morgan fingerprint density at radius 1 is 1.26 bits per heavy atom. The molecule has 2 heterocycles. The normalized spacial score (nSPS) is 10.7. The molecule has 0 atom stereocenters. The van der Waals surface area contributed by atoms with Crippen LogP contribution in [0.25, 0.3) is 11.5 Å². The number of hydrogen-bond donors (Lipinski definition) is 1. The predicted molar refractivity (Wildman–Crippen MR) is 86.6 cm³/mol. The standard InChI is InChI=1S/C17H15FN2O2S/c18-13-5-3-12(4-6-13)17-20-14(11-22-17)7-8-19-16(21)10-15-2-1-9-23-15/h1-6,9,11H,7-8,10H2,(H,19,21). The van der Waals surface area contributed by atoms with Crippen LogP contribution in [0.4, 0.5) is 4.39 Å². The first kappa shape index (κ1) is 15.4. The van der Waals surface area contributed by atoms with Crippen molar-refractivity contribution in [1.82, 2.24) is 10.3 Å². The molecule has 0 fully saturated rings. The van der Waals surface area contributed by atoms with Gasteiger partial charge >= 0.3 is 0 Å². The summed E-state index contributed by atoms with van der Waals surface area (Å²) >= 11 is 1.57. The summed E-state index contributed by atoms with van der Waals surface area (Å²) in [4.78, 5) is 17.2. The largest absolute Gasteiger partial charge is 0.444 e. The van der Waals surface area contributed by atoms with Crippen LogP contribution in [0.1, 0.15) is 10.6 Å². The number of oxazole rings is 1. The van der Waals surface area contributed by atoms with Crippen LogP contribution in [-0.4, -0.2) is 17.4 Å². The summed E-state index contributed by atoms with van der Waals surface area (Å²) in [6, 6.07) is 9.84. The number of halogens is 1. The molecule has 1 aromatic carbocycles. The fourth-order valence-corrected chi connectivity index (χ4v) is 2.81. The fraction of sp³-hybridized carbons (Fsp3) is 0.176. The SMILES string of the molecule is O=C(Cc1cccs1)NCCc1coc(-c2ccc(F)cc2)n1. The van der Waals surface area contributed by atoms with Crippen molar-refractivity contribution in [3.8, 4) is 11.5 Å². The van der Waals surface area contributed by atoms with E-state index in [-0.39, 0.29) is 11.7 Å². The highest BCUT2D eigenvalue weighted by Crippen LogP contribution is 2.19. The third kappa shape index (κ3) is 4.26. The van der Waals surface area contributed by atoms with Crippen molar-refractivity contribution in [3.63, 3.8) is 0 Å². The van der Waals surface area contributed by atoms with Crippen molar-refractivity contribution in [1.29, 1.82) is 0 Å². The van der Waals surface area contributed by atoms with Gasteiger partial charge in [0.25, 0.3) is 0 Å². The number of nitrogens with zero attached hydrogens (tertiary/aromatic N) is 1. The molecule has 1 N–H and O–H groups in total. The molecule has 2 aromatic heterocycles. The number of carbonyl (C=O) groups excluding carboxylic acids is 1. The Morgan fingerprint density at radius 2 is 2.09 bits per heavy atom. The van der Waals surface area contributed by atoms with Crippen LogP contribution in [0.5, 0.6) is 0 Å². The average molecular weight is 330 g/mol. The summed E-state index contributed by atoms with van der Waals surface area (Å²) in [6.45, 7) is 0.500. The summed E-state index contributed by atoms with van der Waals surface area (Å²) in [7, 11) is 0. The van der Waals surface area contributed by atoms with Gasteiger partial charge in [0.1, 0.15) is 12.1 Å². The number of rotatable bonds is 6. The molecule has 4 nitrogen and oxygen atoms in total. The van der Waals surface area contributed by atoms with Crippen molar-refractivity contribution >= 4 is 17.2 Å². The summed E-state index contributed by atoms with van der Waals surface area (Å²) in [5.41, 5.74) is 1.47. The zero-order chi connectivity index (χ0) is 16.1. The maximum atomic E-state index is 12.9. The maximum absolute atomic E-state index is 12.9. The lowest BCUT2D eigenvalue weighted by molar-refractivity contribution is -0.120. The number of thiophene rings is 1. The van der Waals surface area contributed by atoms with Gasteiger partial charge < -0.3 is 9.73 Å². The first-order valence-corrected chi connectivity index (χ1v) is 8.08. The van der Waals surface area contributed by atoms with Gasteiger partial charge in [-0.2, -0.15) is 0 Å². The zero-order valence-corrected chi connectivity index (χ0v) is 13.1. The van der Waals surface area contributed by atoms with Crippen LogP contribution >= 0.6 is 11.3 Å². The minimum Gasteiger partial charge on any atom is -0.444 e. The third-order valence-corrected chi connectivity index (χ3v) is 4.14. The van der Waals surface area contributed by atoms with Crippen LogP contribution in [0.15, 0.2) is 52.5 Å². The van der Waals surface area contributed by atoms with Crippen LogP contribution < -0.4 is 5.32 Å². The third-order valence-electron chi connectivity index (χ3n) is 3.26. The maximum Gasteiger partial charge on any atom is 0.226 e. The second-order valence-corrected chi connectivity index (χ2v) is 6.04. The van der Waals surface area contributed by atoms with E-state index in [0.29, 0.717) is 25.3 Å². The van der Waals surface area contributed by atoms with Crippen molar-refractivity contribution in [3.05, 3.63) is 64.4 Å². The Morgan fingerprint density at radius 3 is 2.83 bits per heavy atom. The molecule has 118 valence electrons. The van der Waals surface area contributed by atoms with Gasteiger partial charge in [0.2, 0.25) is 11.8 Å². The lowest BCUT2D eigenvalue weighted by Gasteiger charge is -2.02. The molecule has 3 rings (SSSR count). The monoisotopic (exact) mass is 330 g/mol. The lowest BCUT2D eigenvalue weighted by atomic mass is 10.2. The van der Waals surface area contributed by atoms with Crippen LogP contribution in [0, 0.1) is 5.82 Å². The van der Waals surface area contributed by atoms with Crippen molar-refractivity contribution in [2.75, 3.05) is 6.54 Å². The Bertz CT molecular complexity index is 766. The van der Waals surface area contributed by atoms with Gasteiger partial charge in [0.05, 0.1) is 12.1 Å². The van der Waals surface area contributed by atoms with E-state index in [1.165, 1.54) is 12.1 Å². The van der Waals surface area contributed by atoms with Crippen LogP contribution in [-0.2, 0) is 17.6 Å². The highest BCUT2D eigenvalue weighted by molar-refractivity contribution is 7.10. The lowest BCUT2D eigenvalue weighted by Crippen LogP contribution is -2.27. The number of benzene rings is 1. The Kier molecular flexibility index (Phi) is 4.83. The second kappa shape index (κ2) is 7.19. The number of hydrogen-bond acceptors (Lipinski definition) is 4. The molecular weight excluding hydrogens is 315 g/mol. The summed E-state index contributed by atoms with van der Waals surface area (Å²) < 4.78 is 18.3. The van der Waals surface area contributed by atoms with Crippen molar-refractivity contribution < 1.29 is 13.6 Å². The van der Waals surface area contributed by atoms with Crippen LogP contribution in [0.3, 0.4) is 0 Å². The Labute approximate surface area is 137 Å². The molecule has 0 aliphatic rings. The molecule has 0 unspecified atom stereocenters. The van der Waals surface area contributed by atoms with E-state index in [9.17, 15) is 9.18 Å². The highest BCUT2D eigenvalue weighted by atomic mass is 32.1. The number of nitrogens with one attached hydrogen (secondary N) is 1. The van der Waals surface area contributed by atoms with E-state index in [4.69, 9.17) is 4.42 Å². The summed E-state index contributed by atoms with van der Waals surface area (Å²) in [5.74, 6) is 0.147. The predicted octanol–water partition coefficient (Wildman–Crippen LogP) is 3.44. The topological polar surface area (TPSA) is 55.1 Å². The molecule has 3 aromatic rings. The zero-order valence-electron chi connectivity index (χ0n) is 12.3. The molecule has 0 aliphatic carbocycles.